The van der Waals surface area contributed by atoms with Crippen molar-refractivity contribution in [1.82, 2.24) is 4.90 Å². The number of hydrogen-bond donors (Lipinski definition) is 1. The normalized spacial score (nSPS) is 23.3. The van der Waals surface area contributed by atoms with E-state index in [1.807, 2.05) is 0 Å². The Bertz CT molecular complexity index is 189. The number of nitrogens with two attached hydrogens (primary N) is 1. The summed E-state index contributed by atoms with van der Waals surface area (Å²) in [5.41, 5.74) is 5.95. The van der Waals surface area contributed by atoms with Crippen LogP contribution in [-0.4, -0.2) is 43.8 Å². The molecule has 102 valence electrons. The first-order valence-corrected chi connectivity index (χ1v) is 7.24. The highest BCUT2D eigenvalue weighted by molar-refractivity contribution is 4.79. The molecule has 17 heavy (non-hydrogen) atoms. The Morgan fingerprint density at radius 3 is 2.47 bits per heavy atom. The second-order valence-corrected chi connectivity index (χ2v) is 5.31. The molecule has 0 aromatic carbocycles. The molecule has 0 radical (unpaired) electrons. The van der Waals surface area contributed by atoms with Gasteiger partial charge in [-0.3, -0.25) is 4.90 Å². The van der Waals surface area contributed by atoms with Crippen LogP contribution in [0.2, 0.25) is 0 Å². The van der Waals surface area contributed by atoms with Crippen molar-refractivity contribution in [2.75, 3.05) is 26.7 Å². The van der Waals surface area contributed by atoms with Gasteiger partial charge in [-0.05, 0) is 32.2 Å². The molecule has 0 aromatic rings. The zero-order chi connectivity index (χ0) is 12.7. The van der Waals surface area contributed by atoms with Gasteiger partial charge in [-0.2, -0.15) is 0 Å². The maximum atomic E-state index is 5.95. The highest BCUT2D eigenvalue weighted by Crippen LogP contribution is 2.20. The second kappa shape index (κ2) is 8.06. The molecule has 1 saturated heterocycles. The predicted octanol–water partition coefficient (Wildman–Crippen LogP) is 2.25. The summed E-state index contributed by atoms with van der Waals surface area (Å²) in [5, 5.41) is 0. The number of rotatable bonds is 7. The van der Waals surface area contributed by atoms with Gasteiger partial charge in [0.1, 0.15) is 0 Å². The van der Waals surface area contributed by atoms with Crippen molar-refractivity contribution >= 4 is 0 Å². The van der Waals surface area contributed by atoms with E-state index in [1.54, 1.807) is 0 Å². The number of nitrogens with zero attached hydrogens (tertiary/aromatic N) is 1. The van der Waals surface area contributed by atoms with E-state index < -0.39 is 0 Å². The smallest absolute Gasteiger partial charge is 0.0702 e. The molecule has 1 aliphatic heterocycles. The summed E-state index contributed by atoms with van der Waals surface area (Å²) in [4.78, 5) is 2.42. The minimum atomic E-state index is 0.428. The summed E-state index contributed by atoms with van der Waals surface area (Å²) in [7, 11) is 2.20. The van der Waals surface area contributed by atoms with E-state index >= 15 is 0 Å². The molecule has 1 heterocycles. The molecular formula is C14H30N2O. The van der Waals surface area contributed by atoms with Gasteiger partial charge >= 0.3 is 0 Å². The van der Waals surface area contributed by atoms with Crippen LogP contribution in [0.4, 0.5) is 0 Å². The van der Waals surface area contributed by atoms with Crippen LogP contribution in [0.3, 0.4) is 0 Å². The quantitative estimate of drug-likeness (QED) is 0.744. The van der Waals surface area contributed by atoms with Crippen LogP contribution in [0.1, 0.15) is 46.0 Å². The summed E-state index contributed by atoms with van der Waals surface area (Å²) in [6, 6.07) is 0.510. The fourth-order valence-corrected chi connectivity index (χ4v) is 2.97. The van der Waals surface area contributed by atoms with Gasteiger partial charge < -0.3 is 10.5 Å². The zero-order valence-corrected chi connectivity index (χ0v) is 11.8. The molecule has 0 aliphatic carbocycles. The Balaban J connectivity index is 2.43. The van der Waals surface area contributed by atoms with Gasteiger partial charge in [-0.25, -0.2) is 0 Å². The molecule has 0 bridgehead atoms. The number of likely N-dealkylation sites (N-methyl/N-ethyl adjacent to an activating group) is 1. The molecule has 0 aromatic heterocycles. The lowest BCUT2D eigenvalue weighted by Gasteiger charge is -2.36. The third-order valence-electron chi connectivity index (χ3n) is 4.17. The molecule has 3 heteroatoms. The molecule has 0 amide bonds. The van der Waals surface area contributed by atoms with Gasteiger partial charge in [0.2, 0.25) is 0 Å². The highest BCUT2D eigenvalue weighted by atomic mass is 16.5. The van der Waals surface area contributed by atoms with E-state index in [0.717, 1.165) is 19.7 Å². The lowest BCUT2D eigenvalue weighted by atomic mass is 9.92. The minimum absolute atomic E-state index is 0.428. The van der Waals surface area contributed by atoms with E-state index in [1.165, 1.54) is 32.1 Å². The molecule has 1 aliphatic rings. The van der Waals surface area contributed by atoms with Crippen molar-refractivity contribution in [1.29, 1.82) is 0 Å². The molecule has 2 N–H and O–H groups in total. The average molecular weight is 242 g/mol. The average Bonchev–Trinajstić information content (AvgIpc) is 2.36. The van der Waals surface area contributed by atoms with Crippen LogP contribution in [0.15, 0.2) is 0 Å². The van der Waals surface area contributed by atoms with Gasteiger partial charge in [0.15, 0.2) is 0 Å². The van der Waals surface area contributed by atoms with Crippen molar-refractivity contribution in [3.8, 4) is 0 Å². The van der Waals surface area contributed by atoms with Gasteiger partial charge in [0.25, 0.3) is 0 Å². The number of hydrogen-bond acceptors (Lipinski definition) is 3. The molecule has 0 saturated carbocycles. The molecule has 1 rings (SSSR count). The van der Waals surface area contributed by atoms with Crippen molar-refractivity contribution in [2.24, 2.45) is 11.7 Å². The molecule has 3 nitrogen and oxygen atoms in total. The Labute approximate surface area is 107 Å². The summed E-state index contributed by atoms with van der Waals surface area (Å²) in [6.45, 7) is 7.27. The van der Waals surface area contributed by atoms with Crippen molar-refractivity contribution in [3.63, 3.8) is 0 Å². The Kier molecular flexibility index (Phi) is 7.09. The van der Waals surface area contributed by atoms with E-state index in [9.17, 15) is 0 Å². The largest absolute Gasteiger partial charge is 0.377 e. The third kappa shape index (κ3) is 4.57. The number of ether oxygens (including phenoxy) is 1. The summed E-state index contributed by atoms with van der Waals surface area (Å²) >= 11 is 0. The van der Waals surface area contributed by atoms with Crippen LogP contribution in [0, 0.1) is 5.92 Å². The van der Waals surface area contributed by atoms with Gasteiger partial charge in [-0.1, -0.05) is 26.7 Å². The Hall–Kier alpha value is -0.120. The Morgan fingerprint density at radius 2 is 2.00 bits per heavy atom. The molecule has 2 unspecified atom stereocenters. The van der Waals surface area contributed by atoms with Crippen LogP contribution >= 0.6 is 0 Å². The van der Waals surface area contributed by atoms with E-state index in [0.29, 0.717) is 18.1 Å². The standard InChI is InChI=1S/C14H30N2O/c1-4-12(5-2)14(10-15)16(3)11-13-8-6-7-9-17-13/h12-14H,4-11,15H2,1-3H3. The highest BCUT2D eigenvalue weighted by Gasteiger charge is 2.24. The first kappa shape index (κ1) is 14.9. The van der Waals surface area contributed by atoms with Gasteiger partial charge in [0.05, 0.1) is 6.10 Å². The monoisotopic (exact) mass is 242 g/mol. The molecule has 1 fully saturated rings. The molecular weight excluding hydrogens is 212 g/mol. The topological polar surface area (TPSA) is 38.5 Å². The van der Waals surface area contributed by atoms with E-state index in [4.69, 9.17) is 10.5 Å². The molecule has 0 spiro atoms. The van der Waals surface area contributed by atoms with Crippen LogP contribution in [0.5, 0.6) is 0 Å². The van der Waals surface area contributed by atoms with Crippen LogP contribution in [0.25, 0.3) is 0 Å². The fourth-order valence-electron chi connectivity index (χ4n) is 2.97. The zero-order valence-electron chi connectivity index (χ0n) is 11.8. The van der Waals surface area contributed by atoms with E-state index in [-0.39, 0.29) is 0 Å². The van der Waals surface area contributed by atoms with Gasteiger partial charge in [-0.15, -0.1) is 0 Å². The second-order valence-electron chi connectivity index (χ2n) is 5.31. The fraction of sp³-hybridized carbons (Fsp3) is 1.00. The molecule has 2 atom stereocenters. The summed E-state index contributed by atoms with van der Waals surface area (Å²) in [5.74, 6) is 0.716. The van der Waals surface area contributed by atoms with Crippen molar-refractivity contribution in [3.05, 3.63) is 0 Å². The third-order valence-corrected chi connectivity index (χ3v) is 4.17. The first-order valence-electron chi connectivity index (χ1n) is 7.24. The van der Waals surface area contributed by atoms with Crippen LogP contribution in [-0.2, 0) is 4.74 Å². The van der Waals surface area contributed by atoms with Gasteiger partial charge in [0, 0.05) is 25.7 Å². The van der Waals surface area contributed by atoms with Crippen molar-refractivity contribution in [2.45, 2.75) is 58.1 Å². The Morgan fingerprint density at radius 1 is 1.29 bits per heavy atom. The van der Waals surface area contributed by atoms with E-state index in [2.05, 4.69) is 25.8 Å². The summed E-state index contributed by atoms with van der Waals surface area (Å²) < 4.78 is 5.81. The lowest BCUT2D eigenvalue weighted by Crippen LogP contribution is -2.47. The lowest BCUT2D eigenvalue weighted by molar-refractivity contribution is -0.0125. The van der Waals surface area contributed by atoms with Crippen LogP contribution < -0.4 is 5.73 Å². The summed E-state index contributed by atoms with van der Waals surface area (Å²) in [6.07, 6.45) is 6.62. The van der Waals surface area contributed by atoms with Crippen molar-refractivity contribution < 1.29 is 4.74 Å². The first-order chi connectivity index (χ1) is 8.22. The minimum Gasteiger partial charge on any atom is -0.377 e. The predicted molar refractivity (Wildman–Crippen MR) is 73.1 cm³/mol. The maximum absolute atomic E-state index is 5.95. The maximum Gasteiger partial charge on any atom is 0.0702 e. The SMILES string of the molecule is CCC(CC)C(CN)N(C)CC1CCCCO1.